The lowest BCUT2D eigenvalue weighted by Gasteiger charge is -2.03. The minimum absolute atomic E-state index is 0.000272. The molecule has 6 heteroatoms. The Balaban J connectivity index is 2.43. The van der Waals surface area contributed by atoms with Gasteiger partial charge in [0.25, 0.3) is 5.69 Å². The number of rotatable bonds is 5. The summed E-state index contributed by atoms with van der Waals surface area (Å²) >= 11 is 0. The Kier molecular flexibility index (Phi) is 4.06. The van der Waals surface area contributed by atoms with E-state index in [2.05, 4.69) is 0 Å². The van der Waals surface area contributed by atoms with Gasteiger partial charge in [-0.1, -0.05) is 0 Å². The lowest BCUT2D eigenvalue weighted by Crippen LogP contribution is -2.02. The fraction of sp³-hybridized carbons (Fsp3) is 0.222. The molecule has 0 aromatic heterocycles. The topological polar surface area (TPSA) is 85.4 Å². The van der Waals surface area contributed by atoms with Gasteiger partial charge in [-0.05, 0) is 12.1 Å². The normalized spacial score (nSPS) is 9.27. The number of nitriles is 1. The number of non-ortho nitro benzene ring substituents is 1. The van der Waals surface area contributed by atoms with Crippen molar-refractivity contribution in [1.29, 1.82) is 5.26 Å². The number of ether oxygens (including phenoxy) is 2. The predicted molar refractivity (Wildman–Crippen MR) is 50.2 cm³/mol. The van der Waals surface area contributed by atoms with Gasteiger partial charge in [-0.25, -0.2) is 0 Å². The number of benzene rings is 1. The smallest absolute Gasteiger partial charge is 0.269 e. The van der Waals surface area contributed by atoms with Crippen LogP contribution >= 0.6 is 0 Å². The molecule has 0 bridgehead atoms. The van der Waals surface area contributed by atoms with Crippen molar-refractivity contribution in [1.82, 2.24) is 0 Å². The number of nitrogens with zero attached hydrogens (tertiary/aromatic N) is 2. The van der Waals surface area contributed by atoms with Crippen LogP contribution < -0.4 is 4.74 Å². The molecule has 0 unspecified atom stereocenters. The Morgan fingerprint density at radius 1 is 1.40 bits per heavy atom. The van der Waals surface area contributed by atoms with Crippen LogP contribution in [0.2, 0.25) is 0 Å². The number of nitro benzene ring substituents is 1. The van der Waals surface area contributed by atoms with Gasteiger partial charge in [0.15, 0.2) is 6.79 Å². The average molecular weight is 208 g/mol. The maximum Gasteiger partial charge on any atom is 0.269 e. The van der Waals surface area contributed by atoms with E-state index >= 15 is 0 Å². The van der Waals surface area contributed by atoms with E-state index in [-0.39, 0.29) is 19.1 Å². The zero-order valence-corrected chi connectivity index (χ0v) is 7.75. The largest absolute Gasteiger partial charge is 0.468 e. The van der Waals surface area contributed by atoms with E-state index in [9.17, 15) is 10.1 Å². The van der Waals surface area contributed by atoms with Crippen molar-refractivity contribution in [2.75, 3.05) is 13.4 Å². The lowest BCUT2D eigenvalue weighted by molar-refractivity contribution is -0.384. The third-order valence-electron chi connectivity index (χ3n) is 1.52. The standard InChI is InChI=1S/C9H8N2O4/c10-5-6-14-7-15-9-3-1-8(2-4-9)11(12)13/h1-4H,6-7H2. The first-order chi connectivity index (χ1) is 7.24. The summed E-state index contributed by atoms with van der Waals surface area (Å²) in [6, 6.07) is 7.38. The first kappa shape index (κ1) is 10.9. The zero-order valence-electron chi connectivity index (χ0n) is 7.75. The fourth-order valence-corrected chi connectivity index (χ4v) is 0.861. The molecule has 0 aliphatic heterocycles. The quantitative estimate of drug-likeness (QED) is 0.316. The molecular weight excluding hydrogens is 200 g/mol. The number of hydrogen-bond donors (Lipinski definition) is 0. The Bertz CT molecular complexity index is 369. The molecule has 15 heavy (non-hydrogen) atoms. The number of hydrogen-bond acceptors (Lipinski definition) is 5. The van der Waals surface area contributed by atoms with Crippen LogP contribution in [0.4, 0.5) is 5.69 Å². The molecule has 0 amide bonds. The highest BCUT2D eigenvalue weighted by molar-refractivity contribution is 5.35. The second kappa shape index (κ2) is 5.57. The summed E-state index contributed by atoms with van der Waals surface area (Å²) in [4.78, 5) is 9.83. The van der Waals surface area contributed by atoms with Crippen molar-refractivity contribution in [2.45, 2.75) is 0 Å². The maximum atomic E-state index is 10.3. The molecule has 78 valence electrons. The van der Waals surface area contributed by atoms with Crippen LogP contribution in [-0.4, -0.2) is 18.3 Å². The summed E-state index contributed by atoms with van der Waals surface area (Å²) in [5.41, 5.74) is 0.000272. The zero-order chi connectivity index (χ0) is 11.1. The van der Waals surface area contributed by atoms with Crippen LogP contribution in [0.25, 0.3) is 0 Å². The minimum Gasteiger partial charge on any atom is -0.468 e. The van der Waals surface area contributed by atoms with Gasteiger partial charge in [0.2, 0.25) is 0 Å². The molecular formula is C9H8N2O4. The highest BCUT2D eigenvalue weighted by Crippen LogP contribution is 2.16. The minimum atomic E-state index is -0.490. The van der Waals surface area contributed by atoms with Crippen LogP contribution in [0.5, 0.6) is 5.75 Å². The molecule has 6 nitrogen and oxygen atoms in total. The summed E-state index contributed by atoms with van der Waals surface area (Å²) in [6.07, 6.45) is 0. The molecule has 0 aliphatic carbocycles. The van der Waals surface area contributed by atoms with Crippen LogP contribution in [0, 0.1) is 21.4 Å². The molecule has 0 atom stereocenters. The van der Waals surface area contributed by atoms with E-state index in [1.807, 2.05) is 0 Å². The van der Waals surface area contributed by atoms with Crippen molar-refractivity contribution >= 4 is 5.69 Å². The van der Waals surface area contributed by atoms with E-state index in [1.54, 1.807) is 6.07 Å². The Morgan fingerprint density at radius 2 is 2.07 bits per heavy atom. The van der Waals surface area contributed by atoms with Crippen molar-refractivity contribution in [3.05, 3.63) is 34.4 Å². The van der Waals surface area contributed by atoms with Gasteiger partial charge in [0.1, 0.15) is 12.4 Å². The second-order valence-corrected chi connectivity index (χ2v) is 2.52. The summed E-state index contributed by atoms with van der Waals surface area (Å²) in [5, 5.41) is 18.5. The molecule has 0 radical (unpaired) electrons. The van der Waals surface area contributed by atoms with E-state index in [4.69, 9.17) is 14.7 Å². The summed E-state index contributed by atoms with van der Waals surface area (Å²) < 4.78 is 9.79. The summed E-state index contributed by atoms with van der Waals surface area (Å²) in [6.45, 7) is -0.0989. The highest BCUT2D eigenvalue weighted by Gasteiger charge is 2.03. The molecule has 0 heterocycles. The van der Waals surface area contributed by atoms with E-state index in [1.165, 1.54) is 24.3 Å². The van der Waals surface area contributed by atoms with Crippen LogP contribution in [0.3, 0.4) is 0 Å². The van der Waals surface area contributed by atoms with Gasteiger partial charge in [-0.15, -0.1) is 0 Å². The third-order valence-corrected chi connectivity index (χ3v) is 1.52. The Hall–Kier alpha value is -2.13. The van der Waals surface area contributed by atoms with Crippen molar-refractivity contribution in [2.24, 2.45) is 0 Å². The monoisotopic (exact) mass is 208 g/mol. The molecule has 0 aliphatic rings. The highest BCUT2D eigenvalue weighted by atomic mass is 16.7. The van der Waals surface area contributed by atoms with Crippen molar-refractivity contribution in [3.63, 3.8) is 0 Å². The van der Waals surface area contributed by atoms with Crippen molar-refractivity contribution in [3.8, 4) is 11.8 Å². The summed E-state index contributed by atoms with van der Waals surface area (Å²) in [7, 11) is 0. The van der Waals surface area contributed by atoms with Gasteiger partial charge in [-0.2, -0.15) is 5.26 Å². The Morgan fingerprint density at radius 3 is 2.60 bits per heavy atom. The Labute approximate surface area is 85.8 Å². The first-order valence-electron chi connectivity index (χ1n) is 4.06. The lowest BCUT2D eigenvalue weighted by atomic mass is 10.3. The van der Waals surface area contributed by atoms with Crippen LogP contribution in [0.15, 0.2) is 24.3 Å². The van der Waals surface area contributed by atoms with E-state index in [0.29, 0.717) is 5.75 Å². The molecule has 0 spiro atoms. The third kappa shape index (κ3) is 3.62. The molecule has 0 saturated heterocycles. The molecule has 0 fully saturated rings. The van der Waals surface area contributed by atoms with E-state index in [0.717, 1.165) is 0 Å². The molecule has 0 N–H and O–H groups in total. The second-order valence-electron chi connectivity index (χ2n) is 2.52. The van der Waals surface area contributed by atoms with Gasteiger partial charge in [0.05, 0.1) is 11.0 Å². The van der Waals surface area contributed by atoms with Crippen molar-refractivity contribution < 1.29 is 14.4 Å². The van der Waals surface area contributed by atoms with Crippen LogP contribution in [-0.2, 0) is 4.74 Å². The fourth-order valence-electron chi connectivity index (χ4n) is 0.861. The van der Waals surface area contributed by atoms with Gasteiger partial charge < -0.3 is 9.47 Å². The van der Waals surface area contributed by atoms with Gasteiger partial charge >= 0.3 is 0 Å². The molecule has 1 aromatic carbocycles. The van der Waals surface area contributed by atoms with Crippen LogP contribution in [0.1, 0.15) is 0 Å². The molecule has 1 aromatic rings. The number of nitro groups is 1. The SMILES string of the molecule is N#CCOCOc1ccc([N+](=O)[O-])cc1. The first-order valence-corrected chi connectivity index (χ1v) is 4.06. The predicted octanol–water partition coefficient (Wildman–Crippen LogP) is 1.47. The van der Waals surface area contributed by atoms with E-state index < -0.39 is 4.92 Å². The molecule has 0 saturated carbocycles. The maximum absolute atomic E-state index is 10.3. The molecule has 1 rings (SSSR count). The average Bonchev–Trinajstić information content (AvgIpc) is 2.25. The summed E-state index contributed by atoms with van der Waals surface area (Å²) in [5.74, 6) is 0.457. The van der Waals surface area contributed by atoms with Gasteiger partial charge in [-0.3, -0.25) is 10.1 Å². The van der Waals surface area contributed by atoms with Gasteiger partial charge in [0, 0.05) is 12.1 Å².